The Bertz CT molecular complexity index is 616. The zero-order valence-electron chi connectivity index (χ0n) is 10.4. The molecule has 0 saturated carbocycles. The van der Waals surface area contributed by atoms with Gasteiger partial charge in [0.2, 0.25) is 10.0 Å². The fourth-order valence-electron chi connectivity index (χ4n) is 1.24. The van der Waals surface area contributed by atoms with E-state index in [0.717, 1.165) is 12.1 Å². The number of rotatable bonds is 6. The Balaban J connectivity index is 3.13. The van der Waals surface area contributed by atoms with Crippen molar-refractivity contribution in [1.29, 1.82) is 0 Å². The number of hydrogen-bond donors (Lipinski definition) is 3. The summed E-state index contributed by atoms with van der Waals surface area (Å²) in [5, 5.41) is 29.0. The second-order valence-corrected chi connectivity index (χ2v) is 6.08. The third kappa shape index (κ3) is 3.93. The lowest BCUT2D eigenvalue weighted by molar-refractivity contribution is -0.388. The number of nitrogens with one attached hydrogen (secondary N) is 1. The summed E-state index contributed by atoms with van der Waals surface area (Å²) in [6, 6.07) is 2.01. The van der Waals surface area contributed by atoms with Crippen LogP contribution in [0.1, 0.15) is 6.92 Å². The van der Waals surface area contributed by atoms with E-state index in [1.54, 1.807) is 0 Å². The molecule has 10 heteroatoms. The molecule has 0 saturated heterocycles. The zero-order valence-corrected chi connectivity index (χ0v) is 11.2. The molecule has 1 aromatic rings. The number of sulfonamides is 1. The smallest absolute Gasteiger partial charge is 0.292 e. The minimum atomic E-state index is -4.33. The standard InChI is InChI=1S/C10H13FN2O6S/c1-10(15,6-14)5-12-20(18,19)9-3-2-7(11)4-8(9)13(16)17/h2-4,12,14-15H,5-6H2,1H3. The Morgan fingerprint density at radius 3 is 2.60 bits per heavy atom. The molecule has 112 valence electrons. The van der Waals surface area contributed by atoms with Crippen LogP contribution in [0.3, 0.4) is 0 Å². The molecule has 1 unspecified atom stereocenters. The van der Waals surface area contributed by atoms with Crippen molar-refractivity contribution < 1.29 is 27.9 Å². The summed E-state index contributed by atoms with van der Waals surface area (Å²) in [4.78, 5) is 8.98. The lowest BCUT2D eigenvalue weighted by atomic mass is 10.1. The Labute approximate surface area is 114 Å². The van der Waals surface area contributed by atoms with Crippen LogP contribution in [0.2, 0.25) is 0 Å². The maximum Gasteiger partial charge on any atom is 0.292 e. The van der Waals surface area contributed by atoms with E-state index >= 15 is 0 Å². The van der Waals surface area contributed by atoms with E-state index in [0.29, 0.717) is 6.07 Å². The first kappa shape index (κ1) is 16.4. The van der Waals surface area contributed by atoms with Crippen LogP contribution in [0.15, 0.2) is 23.1 Å². The van der Waals surface area contributed by atoms with Crippen LogP contribution in [0.5, 0.6) is 0 Å². The largest absolute Gasteiger partial charge is 0.393 e. The fraction of sp³-hybridized carbons (Fsp3) is 0.400. The predicted molar refractivity (Wildman–Crippen MR) is 66.0 cm³/mol. The first-order valence-corrected chi connectivity index (χ1v) is 6.84. The molecule has 0 fully saturated rings. The van der Waals surface area contributed by atoms with E-state index in [2.05, 4.69) is 0 Å². The van der Waals surface area contributed by atoms with Gasteiger partial charge in [-0.15, -0.1) is 0 Å². The molecule has 1 aromatic carbocycles. The number of nitrogens with zero attached hydrogens (tertiary/aromatic N) is 1. The lowest BCUT2D eigenvalue weighted by Gasteiger charge is -2.20. The normalized spacial score (nSPS) is 14.8. The minimum Gasteiger partial charge on any atom is -0.393 e. The van der Waals surface area contributed by atoms with Gasteiger partial charge in [-0.1, -0.05) is 0 Å². The third-order valence-electron chi connectivity index (χ3n) is 2.39. The van der Waals surface area contributed by atoms with Crippen LogP contribution in [0.25, 0.3) is 0 Å². The van der Waals surface area contributed by atoms with E-state index < -0.39 is 50.1 Å². The summed E-state index contributed by atoms with van der Waals surface area (Å²) in [6.45, 7) is -0.0873. The number of aliphatic hydroxyl groups excluding tert-OH is 1. The van der Waals surface area contributed by atoms with Gasteiger partial charge in [-0.05, 0) is 19.1 Å². The minimum absolute atomic E-state index is 0.485. The van der Waals surface area contributed by atoms with E-state index in [1.807, 2.05) is 4.72 Å². The van der Waals surface area contributed by atoms with E-state index in [9.17, 15) is 28.0 Å². The molecule has 0 aliphatic rings. The van der Waals surface area contributed by atoms with Crippen molar-refractivity contribution in [3.63, 3.8) is 0 Å². The van der Waals surface area contributed by atoms with Gasteiger partial charge in [-0.2, -0.15) is 0 Å². The van der Waals surface area contributed by atoms with Gasteiger partial charge in [0.1, 0.15) is 5.82 Å². The molecule has 3 N–H and O–H groups in total. The summed E-state index contributed by atoms with van der Waals surface area (Å²) >= 11 is 0. The maximum absolute atomic E-state index is 12.9. The Kier molecular flexibility index (Phi) is 4.76. The number of nitro benzene ring substituents is 1. The second kappa shape index (κ2) is 5.79. The summed E-state index contributed by atoms with van der Waals surface area (Å²) in [5.74, 6) is -0.946. The molecule has 0 spiro atoms. The van der Waals surface area contributed by atoms with Gasteiger partial charge in [0.05, 0.1) is 23.2 Å². The predicted octanol–water partition coefficient (Wildman–Crippen LogP) is -0.244. The van der Waals surface area contributed by atoms with Crippen molar-refractivity contribution in [1.82, 2.24) is 4.72 Å². The average Bonchev–Trinajstić information content (AvgIpc) is 2.36. The molecule has 1 rings (SSSR count). The van der Waals surface area contributed by atoms with Gasteiger partial charge in [-0.3, -0.25) is 10.1 Å². The highest BCUT2D eigenvalue weighted by Crippen LogP contribution is 2.24. The highest BCUT2D eigenvalue weighted by molar-refractivity contribution is 7.89. The first-order valence-electron chi connectivity index (χ1n) is 5.36. The first-order chi connectivity index (χ1) is 9.09. The van der Waals surface area contributed by atoms with E-state index in [1.165, 1.54) is 6.92 Å². The van der Waals surface area contributed by atoms with Gasteiger partial charge in [0, 0.05) is 6.54 Å². The molecule has 0 heterocycles. The lowest BCUT2D eigenvalue weighted by Crippen LogP contribution is -2.43. The number of benzene rings is 1. The van der Waals surface area contributed by atoms with Crippen LogP contribution < -0.4 is 4.72 Å². The summed E-state index contributed by atoms with van der Waals surface area (Å²) in [6.07, 6.45) is 0. The van der Waals surface area contributed by atoms with Gasteiger partial charge in [0.15, 0.2) is 4.90 Å². The van der Waals surface area contributed by atoms with Crippen molar-refractivity contribution in [3.8, 4) is 0 Å². The molecule has 0 aromatic heterocycles. The fourth-order valence-corrected chi connectivity index (χ4v) is 2.56. The van der Waals surface area contributed by atoms with Crippen LogP contribution in [0.4, 0.5) is 10.1 Å². The van der Waals surface area contributed by atoms with E-state index in [4.69, 9.17) is 5.11 Å². The van der Waals surface area contributed by atoms with Crippen LogP contribution in [-0.2, 0) is 10.0 Å². The SMILES string of the molecule is CC(O)(CO)CNS(=O)(=O)c1ccc(F)cc1[N+](=O)[O-]. The Morgan fingerprint density at radius 2 is 2.10 bits per heavy atom. The van der Waals surface area contributed by atoms with Crippen molar-refractivity contribution in [2.75, 3.05) is 13.2 Å². The van der Waals surface area contributed by atoms with E-state index in [-0.39, 0.29) is 0 Å². The van der Waals surface area contributed by atoms with Gasteiger partial charge < -0.3 is 10.2 Å². The molecule has 0 aliphatic carbocycles. The molecule has 20 heavy (non-hydrogen) atoms. The van der Waals surface area contributed by atoms with Gasteiger partial charge in [0.25, 0.3) is 5.69 Å². The topological polar surface area (TPSA) is 130 Å². The van der Waals surface area contributed by atoms with Crippen molar-refractivity contribution in [2.45, 2.75) is 17.4 Å². The second-order valence-electron chi connectivity index (χ2n) is 4.35. The van der Waals surface area contributed by atoms with Gasteiger partial charge >= 0.3 is 0 Å². The van der Waals surface area contributed by atoms with Crippen LogP contribution >= 0.6 is 0 Å². The quantitative estimate of drug-likeness (QED) is 0.491. The number of aliphatic hydroxyl groups is 2. The molecular weight excluding hydrogens is 295 g/mol. The number of nitro groups is 1. The highest BCUT2D eigenvalue weighted by Gasteiger charge is 2.29. The third-order valence-corrected chi connectivity index (χ3v) is 3.84. The Hall–Kier alpha value is -1.62. The summed E-state index contributed by atoms with van der Waals surface area (Å²) in [5.41, 5.74) is -2.64. The van der Waals surface area contributed by atoms with Crippen molar-refractivity contribution in [3.05, 3.63) is 34.1 Å². The summed E-state index contributed by atoms with van der Waals surface area (Å²) < 4.78 is 38.7. The average molecular weight is 308 g/mol. The van der Waals surface area contributed by atoms with Crippen LogP contribution in [0, 0.1) is 15.9 Å². The van der Waals surface area contributed by atoms with Crippen LogP contribution in [-0.4, -0.2) is 42.3 Å². The monoisotopic (exact) mass is 308 g/mol. The number of hydrogen-bond acceptors (Lipinski definition) is 6. The molecule has 0 bridgehead atoms. The highest BCUT2D eigenvalue weighted by atomic mass is 32.2. The number of halogens is 1. The molecule has 8 nitrogen and oxygen atoms in total. The van der Waals surface area contributed by atoms with Crippen molar-refractivity contribution >= 4 is 15.7 Å². The molecular formula is C10H13FN2O6S. The maximum atomic E-state index is 12.9. The van der Waals surface area contributed by atoms with Crippen molar-refractivity contribution in [2.24, 2.45) is 0 Å². The Morgan fingerprint density at radius 1 is 1.50 bits per heavy atom. The molecule has 1 atom stereocenters. The summed E-state index contributed by atoms with van der Waals surface area (Å²) in [7, 11) is -4.33. The zero-order chi connectivity index (χ0) is 15.6. The molecule has 0 aliphatic heterocycles. The van der Waals surface area contributed by atoms with Gasteiger partial charge in [-0.25, -0.2) is 17.5 Å². The molecule has 0 amide bonds. The molecule has 0 radical (unpaired) electrons.